The Bertz CT molecular complexity index is 1100. The third-order valence-electron chi connectivity index (χ3n) is 4.71. The van der Waals surface area contributed by atoms with Gasteiger partial charge in [-0.2, -0.15) is 0 Å². The Balaban J connectivity index is 1.88. The molecule has 2 heterocycles. The molecule has 0 spiro atoms. The average Bonchev–Trinajstić information content (AvgIpc) is 2.64. The summed E-state index contributed by atoms with van der Waals surface area (Å²) in [6, 6.07) is 5.19. The molecule has 0 saturated carbocycles. The zero-order valence-electron chi connectivity index (χ0n) is 15.9. The molecule has 148 valence electrons. The summed E-state index contributed by atoms with van der Waals surface area (Å²) in [4.78, 5) is 27.3. The number of carbonyl (C=O) groups is 1. The lowest BCUT2D eigenvalue weighted by molar-refractivity contribution is 0.185. The van der Waals surface area contributed by atoms with E-state index in [1.54, 1.807) is 42.2 Å². The Labute approximate surface area is 166 Å². The van der Waals surface area contributed by atoms with E-state index in [-0.39, 0.29) is 17.5 Å². The molecule has 1 aromatic carbocycles. The van der Waals surface area contributed by atoms with Gasteiger partial charge in [-0.05, 0) is 36.8 Å². The molecule has 0 radical (unpaired) electrons. The van der Waals surface area contributed by atoms with Crippen molar-refractivity contribution in [3.63, 3.8) is 0 Å². The Hall–Kier alpha value is -2.80. The number of rotatable bonds is 6. The number of hydrogen-bond donors (Lipinski definition) is 2. The number of nitrogens with one attached hydrogen (secondary N) is 1. The molecule has 1 amide bonds. The summed E-state index contributed by atoms with van der Waals surface area (Å²) in [6.45, 7) is 4.16. The highest BCUT2D eigenvalue weighted by Crippen LogP contribution is 2.33. The number of carboxylic acid groups (broad SMARTS) is 1. The van der Waals surface area contributed by atoms with Crippen LogP contribution in [0.2, 0.25) is 5.02 Å². The Kier molecular flexibility index (Phi) is 5.74. The predicted molar refractivity (Wildman–Crippen MR) is 109 cm³/mol. The van der Waals surface area contributed by atoms with Gasteiger partial charge in [-0.3, -0.25) is 9.78 Å². The fourth-order valence-corrected chi connectivity index (χ4v) is 3.63. The van der Waals surface area contributed by atoms with Gasteiger partial charge in [-0.1, -0.05) is 18.5 Å². The minimum Gasteiger partial charge on any atom is -0.492 e. The van der Waals surface area contributed by atoms with Crippen LogP contribution in [-0.2, 0) is 7.05 Å². The number of aromatic nitrogens is 2. The van der Waals surface area contributed by atoms with Crippen LogP contribution in [0.25, 0.3) is 21.7 Å². The number of aryl methyl sites for hydroxylation is 1. The van der Waals surface area contributed by atoms with E-state index in [0.29, 0.717) is 29.2 Å². The molecule has 0 aliphatic rings. The van der Waals surface area contributed by atoms with Crippen LogP contribution in [0.4, 0.5) is 4.79 Å². The van der Waals surface area contributed by atoms with E-state index in [0.717, 1.165) is 16.3 Å². The number of nitrogens with zero attached hydrogens (tertiary/aromatic N) is 2. The average molecular weight is 404 g/mol. The second-order valence-electron chi connectivity index (χ2n) is 7.09. The smallest absolute Gasteiger partial charge is 0.404 e. The monoisotopic (exact) mass is 403 g/mol. The van der Waals surface area contributed by atoms with E-state index in [4.69, 9.17) is 21.4 Å². The Morgan fingerprint density at radius 1 is 1.32 bits per heavy atom. The first-order valence-electron chi connectivity index (χ1n) is 8.96. The molecule has 2 unspecified atom stereocenters. The number of ether oxygens (including phenoxy) is 1. The van der Waals surface area contributed by atoms with Crippen LogP contribution in [0.5, 0.6) is 5.75 Å². The molecule has 0 aliphatic heterocycles. The summed E-state index contributed by atoms with van der Waals surface area (Å²) >= 11 is 6.44. The first kappa shape index (κ1) is 19.9. The minimum absolute atomic E-state index is 0.111. The predicted octanol–water partition coefficient (Wildman–Crippen LogP) is 3.80. The molecule has 0 aliphatic carbocycles. The molecular formula is C20H22ClN3O4. The summed E-state index contributed by atoms with van der Waals surface area (Å²) < 4.78 is 7.44. The summed E-state index contributed by atoms with van der Waals surface area (Å²) in [7, 11) is 1.71. The maximum Gasteiger partial charge on any atom is 0.404 e. The van der Waals surface area contributed by atoms with E-state index in [9.17, 15) is 9.59 Å². The van der Waals surface area contributed by atoms with Gasteiger partial charge in [0.05, 0.1) is 22.5 Å². The largest absolute Gasteiger partial charge is 0.492 e. The maximum absolute atomic E-state index is 12.6. The van der Waals surface area contributed by atoms with E-state index in [1.807, 2.05) is 13.8 Å². The van der Waals surface area contributed by atoms with Gasteiger partial charge in [-0.25, -0.2) is 4.79 Å². The first-order chi connectivity index (χ1) is 13.3. The van der Waals surface area contributed by atoms with Crippen molar-refractivity contribution < 1.29 is 14.6 Å². The van der Waals surface area contributed by atoms with Crippen molar-refractivity contribution in [1.82, 2.24) is 14.9 Å². The van der Waals surface area contributed by atoms with Crippen molar-refractivity contribution >= 4 is 39.4 Å². The SMILES string of the molecule is CC(COc1cc2c(cc1Cl)c1ccncc1c(=O)n2C)CC(C)NC(=O)O. The zero-order valence-corrected chi connectivity index (χ0v) is 16.7. The fourth-order valence-electron chi connectivity index (χ4n) is 3.41. The molecule has 2 N–H and O–H groups in total. The molecule has 0 fully saturated rings. The lowest BCUT2D eigenvalue weighted by atomic mass is 10.0. The highest BCUT2D eigenvalue weighted by molar-refractivity contribution is 6.33. The van der Waals surface area contributed by atoms with Crippen molar-refractivity contribution in [2.75, 3.05) is 6.61 Å². The molecule has 2 atom stereocenters. The third-order valence-corrected chi connectivity index (χ3v) is 5.00. The van der Waals surface area contributed by atoms with E-state index in [1.165, 1.54) is 0 Å². The highest BCUT2D eigenvalue weighted by atomic mass is 35.5. The van der Waals surface area contributed by atoms with Crippen molar-refractivity contribution in [1.29, 1.82) is 0 Å². The molecule has 0 bridgehead atoms. The molecular weight excluding hydrogens is 382 g/mol. The van der Waals surface area contributed by atoms with Gasteiger partial charge in [0.15, 0.2) is 0 Å². The van der Waals surface area contributed by atoms with E-state index in [2.05, 4.69) is 10.3 Å². The normalized spacial score (nSPS) is 13.4. The standard InChI is InChI=1S/C20H22ClN3O4/c1-11(6-12(2)23-20(26)27)10-28-18-8-17-14(7-16(18)21)13-4-5-22-9-15(13)19(25)24(17)3/h4-5,7-9,11-12,23H,6,10H2,1-3H3,(H,26,27). The van der Waals surface area contributed by atoms with Crippen LogP contribution in [0.15, 0.2) is 35.4 Å². The maximum atomic E-state index is 12.6. The van der Waals surface area contributed by atoms with Crippen molar-refractivity contribution in [2.45, 2.75) is 26.3 Å². The minimum atomic E-state index is -1.04. The summed E-state index contributed by atoms with van der Waals surface area (Å²) in [6.07, 6.45) is 2.80. The van der Waals surface area contributed by atoms with Gasteiger partial charge >= 0.3 is 6.09 Å². The number of benzene rings is 1. The molecule has 28 heavy (non-hydrogen) atoms. The number of amides is 1. The third kappa shape index (κ3) is 4.04. The molecule has 8 heteroatoms. The lowest BCUT2D eigenvalue weighted by Crippen LogP contribution is -2.33. The summed E-state index contributed by atoms with van der Waals surface area (Å²) in [5.74, 6) is 0.600. The first-order valence-corrected chi connectivity index (χ1v) is 9.34. The van der Waals surface area contributed by atoms with Crippen molar-refractivity contribution in [2.24, 2.45) is 13.0 Å². The van der Waals surface area contributed by atoms with Gasteiger partial charge in [0.2, 0.25) is 0 Å². The zero-order chi connectivity index (χ0) is 20.4. The quantitative estimate of drug-likeness (QED) is 0.610. The van der Waals surface area contributed by atoms with Gasteiger partial charge in [0.25, 0.3) is 5.56 Å². The topological polar surface area (TPSA) is 93.5 Å². The molecule has 3 rings (SSSR count). The molecule has 3 aromatic rings. The number of fused-ring (bicyclic) bond motifs is 3. The lowest BCUT2D eigenvalue weighted by Gasteiger charge is -2.19. The van der Waals surface area contributed by atoms with Crippen LogP contribution in [-0.4, -0.2) is 33.4 Å². The van der Waals surface area contributed by atoms with Crippen LogP contribution in [0, 0.1) is 5.92 Å². The number of halogens is 1. The second-order valence-corrected chi connectivity index (χ2v) is 7.49. The molecule has 0 saturated heterocycles. The van der Waals surface area contributed by atoms with Crippen LogP contribution >= 0.6 is 11.6 Å². The fraction of sp³-hybridized carbons (Fsp3) is 0.350. The van der Waals surface area contributed by atoms with Crippen LogP contribution in [0.1, 0.15) is 20.3 Å². The van der Waals surface area contributed by atoms with Crippen LogP contribution in [0.3, 0.4) is 0 Å². The number of pyridine rings is 2. The van der Waals surface area contributed by atoms with Gasteiger partial charge in [-0.15, -0.1) is 0 Å². The Morgan fingerprint density at radius 2 is 2.07 bits per heavy atom. The molecule has 2 aromatic heterocycles. The van der Waals surface area contributed by atoms with Gasteiger partial charge in [0, 0.05) is 36.9 Å². The highest BCUT2D eigenvalue weighted by Gasteiger charge is 2.15. The summed E-state index contributed by atoms with van der Waals surface area (Å²) in [5, 5.41) is 13.8. The summed E-state index contributed by atoms with van der Waals surface area (Å²) in [5.41, 5.74) is 0.586. The molecule has 7 nitrogen and oxygen atoms in total. The Morgan fingerprint density at radius 3 is 2.79 bits per heavy atom. The van der Waals surface area contributed by atoms with E-state index < -0.39 is 6.09 Å². The number of hydrogen-bond acceptors (Lipinski definition) is 4. The van der Waals surface area contributed by atoms with Crippen molar-refractivity contribution in [3.05, 3.63) is 46.0 Å². The van der Waals surface area contributed by atoms with E-state index >= 15 is 0 Å². The van der Waals surface area contributed by atoms with Crippen LogP contribution < -0.4 is 15.6 Å². The van der Waals surface area contributed by atoms with Gasteiger partial charge in [0.1, 0.15) is 5.75 Å². The van der Waals surface area contributed by atoms with Crippen molar-refractivity contribution in [3.8, 4) is 5.75 Å². The second kappa shape index (κ2) is 8.06. The van der Waals surface area contributed by atoms with Gasteiger partial charge < -0.3 is 19.7 Å².